The molecule has 32 heavy (non-hydrogen) atoms. The zero-order chi connectivity index (χ0) is 22.1. The van der Waals surface area contributed by atoms with Crippen LogP contribution >= 0.6 is 11.8 Å². The summed E-state index contributed by atoms with van der Waals surface area (Å²) >= 11 is 1.43. The molecule has 1 atom stereocenters. The highest BCUT2D eigenvalue weighted by Crippen LogP contribution is 2.39. The highest BCUT2D eigenvalue weighted by Gasteiger charge is 2.29. The second kappa shape index (κ2) is 8.55. The zero-order valence-electron chi connectivity index (χ0n) is 17.4. The molecule has 2 aromatic carbocycles. The van der Waals surface area contributed by atoms with Crippen LogP contribution in [0.25, 0.3) is 0 Å². The summed E-state index contributed by atoms with van der Waals surface area (Å²) in [6, 6.07) is 16.3. The first-order valence-corrected chi connectivity index (χ1v) is 11.1. The fourth-order valence-electron chi connectivity index (χ4n) is 3.76. The molecule has 8 heteroatoms. The van der Waals surface area contributed by atoms with Gasteiger partial charge in [0.1, 0.15) is 24.8 Å². The Kier molecular flexibility index (Phi) is 5.45. The van der Waals surface area contributed by atoms with Crippen LogP contribution in [0.1, 0.15) is 28.9 Å². The summed E-state index contributed by atoms with van der Waals surface area (Å²) in [4.78, 5) is 33.0. The predicted molar refractivity (Wildman–Crippen MR) is 120 cm³/mol. The van der Waals surface area contributed by atoms with E-state index in [9.17, 15) is 9.59 Å². The molecule has 0 saturated heterocycles. The van der Waals surface area contributed by atoms with E-state index in [1.807, 2.05) is 49.4 Å². The number of fused-ring (bicyclic) bond motifs is 3. The van der Waals surface area contributed by atoms with Crippen molar-refractivity contribution in [3.8, 4) is 11.5 Å². The first-order chi connectivity index (χ1) is 15.6. The number of nitrogens with zero attached hydrogens (tertiary/aromatic N) is 2. The van der Waals surface area contributed by atoms with E-state index in [0.717, 1.165) is 10.5 Å². The second-order valence-corrected chi connectivity index (χ2v) is 8.54. The summed E-state index contributed by atoms with van der Waals surface area (Å²) < 4.78 is 11.2. The van der Waals surface area contributed by atoms with E-state index in [1.54, 1.807) is 18.3 Å². The lowest BCUT2D eigenvalue weighted by atomic mass is 10.1. The van der Waals surface area contributed by atoms with Gasteiger partial charge in [0.05, 0.1) is 17.3 Å². The molecule has 162 valence electrons. The van der Waals surface area contributed by atoms with Crippen LogP contribution in [0.4, 0.5) is 5.69 Å². The van der Waals surface area contributed by atoms with Gasteiger partial charge in [-0.1, -0.05) is 30.0 Å². The number of hydrogen-bond donors (Lipinski definition) is 1. The van der Waals surface area contributed by atoms with E-state index in [-0.39, 0.29) is 24.4 Å². The lowest BCUT2D eigenvalue weighted by Crippen LogP contribution is -2.41. The summed E-state index contributed by atoms with van der Waals surface area (Å²) in [6.45, 7) is 2.82. The summed E-state index contributed by atoms with van der Waals surface area (Å²) in [5.74, 6) is 0.891. The van der Waals surface area contributed by atoms with Crippen molar-refractivity contribution in [3.05, 3.63) is 71.9 Å². The van der Waals surface area contributed by atoms with Gasteiger partial charge in [-0.05, 0) is 48.9 Å². The maximum atomic E-state index is 13.3. The van der Waals surface area contributed by atoms with Gasteiger partial charge in [-0.2, -0.15) is 0 Å². The number of carbonyl (C=O) groups excluding carboxylic acids is 2. The Morgan fingerprint density at radius 1 is 1.12 bits per heavy atom. The van der Waals surface area contributed by atoms with Crippen molar-refractivity contribution in [3.63, 3.8) is 0 Å². The summed E-state index contributed by atoms with van der Waals surface area (Å²) in [5.41, 5.74) is 2.08. The Morgan fingerprint density at radius 3 is 2.81 bits per heavy atom. The molecule has 1 N–H and O–H groups in total. The Hall–Kier alpha value is -3.52. The van der Waals surface area contributed by atoms with Crippen LogP contribution in [-0.4, -0.2) is 36.6 Å². The molecule has 3 heterocycles. The standard InChI is InChI=1S/C24H21N3O4S/c1-15(16-8-9-19-20(13-16)31-12-11-30-19)26-22(28)14-27-18-6-4-10-25-23(18)32-21-7-3-2-5-17(21)24(27)29/h2-10,13,15H,11-12,14H2,1H3,(H,26,28). The van der Waals surface area contributed by atoms with E-state index in [1.165, 1.54) is 16.7 Å². The predicted octanol–water partition coefficient (Wildman–Crippen LogP) is 3.84. The highest BCUT2D eigenvalue weighted by atomic mass is 32.2. The average molecular weight is 448 g/mol. The van der Waals surface area contributed by atoms with Crippen LogP contribution in [0.2, 0.25) is 0 Å². The van der Waals surface area contributed by atoms with Gasteiger partial charge in [0.15, 0.2) is 11.5 Å². The van der Waals surface area contributed by atoms with Crippen LogP contribution < -0.4 is 19.7 Å². The van der Waals surface area contributed by atoms with E-state index in [2.05, 4.69) is 10.3 Å². The monoisotopic (exact) mass is 447 g/mol. The molecule has 5 rings (SSSR count). The Balaban J connectivity index is 1.37. The molecule has 3 aromatic rings. The summed E-state index contributed by atoms with van der Waals surface area (Å²) in [5, 5.41) is 3.68. The fraction of sp³-hybridized carbons (Fsp3) is 0.208. The van der Waals surface area contributed by atoms with Gasteiger partial charge in [-0.25, -0.2) is 4.98 Å². The molecule has 1 unspecified atom stereocenters. The zero-order valence-corrected chi connectivity index (χ0v) is 18.2. The molecular formula is C24H21N3O4S. The molecule has 0 bridgehead atoms. The number of benzene rings is 2. The highest BCUT2D eigenvalue weighted by molar-refractivity contribution is 7.99. The molecule has 0 aliphatic carbocycles. The number of amides is 2. The van der Waals surface area contributed by atoms with E-state index >= 15 is 0 Å². The minimum atomic E-state index is -0.268. The topological polar surface area (TPSA) is 80.8 Å². The number of aromatic nitrogens is 1. The van der Waals surface area contributed by atoms with Crippen molar-refractivity contribution < 1.29 is 19.1 Å². The molecule has 7 nitrogen and oxygen atoms in total. The number of ether oxygens (including phenoxy) is 2. The number of hydrogen-bond acceptors (Lipinski definition) is 6. The Labute approximate surface area is 189 Å². The van der Waals surface area contributed by atoms with Crippen molar-refractivity contribution in [1.82, 2.24) is 10.3 Å². The quantitative estimate of drug-likeness (QED) is 0.655. The van der Waals surface area contributed by atoms with Crippen molar-refractivity contribution >= 4 is 29.3 Å². The minimum absolute atomic E-state index is 0.110. The number of rotatable bonds is 4. The van der Waals surface area contributed by atoms with Gasteiger partial charge in [0.2, 0.25) is 5.91 Å². The average Bonchev–Trinajstić information content (AvgIpc) is 2.93. The van der Waals surface area contributed by atoms with Gasteiger partial charge in [-0.3, -0.25) is 14.5 Å². The van der Waals surface area contributed by atoms with Gasteiger partial charge in [0, 0.05) is 11.1 Å². The van der Waals surface area contributed by atoms with Crippen molar-refractivity contribution in [2.24, 2.45) is 0 Å². The van der Waals surface area contributed by atoms with Crippen LogP contribution in [-0.2, 0) is 4.79 Å². The molecule has 2 amide bonds. The van der Waals surface area contributed by atoms with Crippen molar-refractivity contribution in [2.75, 3.05) is 24.7 Å². The summed E-state index contributed by atoms with van der Waals surface area (Å²) in [6.07, 6.45) is 1.69. The Bertz CT molecular complexity index is 1200. The molecule has 0 fully saturated rings. The number of pyridine rings is 1. The number of anilines is 1. The molecule has 2 aliphatic rings. The van der Waals surface area contributed by atoms with Gasteiger partial charge in [0.25, 0.3) is 5.91 Å². The molecule has 0 saturated carbocycles. The maximum absolute atomic E-state index is 13.3. The van der Waals surface area contributed by atoms with E-state index in [4.69, 9.17) is 9.47 Å². The first kappa shape index (κ1) is 20.4. The smallest absolute Gasteiger partial charge is 0.259 e. The van der Waals surface area contributed by atoms with Crippen LogP contribution in [0.3, 0.4) is 0 Å². The van der Waals surface area contributed by atoms with Crippen LogP contribution in [0, 0.1) is 0 Å². The van der Waals surface area contributed by atoms with E-state index < -0.39 is 0 Å². The molecule has 0 spiro atoms. The van der Waals surface area contributed by atoms with E-state index in [0.29, 0.717) is 41.0 Å². The third-order valence-electron chi connectivity index (χ3n) is 5.36. The fourth-order valence-corrected chi connectivity index (χ4v) is 4.77. The van der Waals surface area contributed by atoms with Crippen LogP contribution in [0.15, 0.2) is 70.7 Å². The molecular weight excluding hydrogens is 426 g/mol. The lowest BCUT2D eigenvalue weighted by Gasteiger charge is -2.24. The largest absolute Gasteiger partial charge is 0.486 e. The summed E-state index contributed by atoms with van der Waals surface area (Å²) in [7, 11) is 0. The van der Waals surface area contributed by atoms with Crippen molar-refractivity contribution in [2.45, 2.75) is 22.9 Å². The molecule has 0 radical (unpaired) electrons. The third-order valence-corrected chi connectivity index (χ3v) is 6.44. The normalized spacial score (nSPS) is 15.3. The first-order valence-electron chi connectivity index (χ1n) is 10.3. The second-order valence-electron chi connectivity index (χ2n) is 7.51. The molecule has 2 aliphatic heterocycles. The third kappa shape index (κ3) is 3.89. The minimum Gasteiger partial charge on any atom is -0.486 e. The lowest BCUT2D eigenvalue weighted by molar-refractivity contribution is -0.120. The van der Waals surface area contributed by atoms with Gasteiger partial charge < -0.3 is 14.8 Å². The van der Waals surface area contributed by atoms with Crippen LogP contribution in [0.5, 0.6) is 11.5 Å². The van der Waals surface area contributed by atoms with Crippen molar-refractivity contribution in [1.29, 1.82) is 0 Å². The Morgan fingerprint density at radius 2 is 1.94 bits per heavy atom. The SMILES string of the molecule is CC(NC(=O)CN1C(=O)c2ccccc2Sc2ncccc21)c1ccc2c(c1)OCCO2. The van der Waals surface area contributed by atoms with Gasteiger partial charge >= 0.3 is 0 Å². The number of nitrogens with one attached hydrogen (secondary N) is 1. The van der Waals surface area contributed by atoms with Gasteiger partial charge in [-0.15, -0.1) is 0 Å². The molecule has 1 aromatic heterocycles. The maximum Gasteiger partial charge on any atom is 0.259 e. The number of carbonyl (C=O) groups is 2.